The van der Waals surface area contributed by atoms with Crippen molar-refractivity contribution in [3.8, 4) is 0 Å². The number of carbonyl (C=O) groups excluding carboxylic acids is 2. The second-order valence-electron chi connectivity index (χ2n) is 5.89. The molecule has 1 saturated carbocycles. The number of Topliss-reactive ketones (excluding diaryl/α,β-unsaturated/α-hetero) is 1. The Kier molecular flexibility index (Phi) is 4.52. The highest BCUT2D eigenvalue weighted by Crippen LogP contribution is 2.25. The Bertz CT molecular complexity index is 679. The molecule has 1 aliphatic carbocycles. The molecule has 0 amide bonds. The fourth-order valence-corrected chi connectivity index (χ4v) is 3.14. The lowest BCUT2D eigenvalue weighted by Gasteiger charge is -2.19. The van der Waals surface area contributed by atoms with Gasteiger partial charge in [-0.3, -0.25) is 9.59 Å². The van der Waals surface area contributed by atoms with E-state index >= 15 is 0 Å². The van der Waals surface area contributed by atoms with E-state index in [0.717, 1.165) is 36.5 Å². The van der Waals surface area contributed by atoms with Crippen molar-refractivity contribution in [2.24, 2.45) is 5.92 Å². The van der Waals surface area contributed by atoms with Gasteiger partial charge in [0.05, 0.1) is 5.92 Å². The first-order valence-electron chi connectivity index (χ1n) is 7.93. The summed E-state index contributed by atoms with van der Waals surface area (Å²) in [6, 6.07) is 13.4. The molecular formula is C19H20O3. The highest BCUT2D eigenvalue weighted by atomic mass is 16.5. The maximum Gasteiger partial charge on any atom is 0.309 e. The zero-order chi connectivity index (χ0) is 15.4. The molecule has 0 aliphatic heterocycles. The van der Waals surface area contributed by atoms with E-state index in [1.807, 2.05) is 36.4 Å². The van der Waals surface area contributed by atoms with Crippen molar-refractivity contribution in [2.75, 3.05) is 6.61 Å². The van der Waals surface area contributed by atoms with E-state index in [9.17, 15) is 9.59 Å². The Morgan fingerprint density at radius 2 is 1.68 bits per heavy atom. The molecule has 0 atom stereocenters. The number of hydrogen-bond acceptors (Lipinski definition) is 3. The topological polar surface area (TPSA) is 43.4 Å². The van der Waals surface area contributed by atoms with E-state index in [1.54, 1.807) is 6.07 Å². The van der Waals surface area contributed by atoms with Gasteiger partial charge in [0.15, 0.2) is 6.61 Å². The molecule has 0 aromatic heterocycles. The Labute approximate surface area is 130 Å². The summed E-state index contributed by atoms with van der Waals surface area (Å²) < 4.78 is 5.26. The summed E-state index contributed by atoms with van der Waals surface area (Å²) in [5.74, 6) is -0.372. The van der Waals surface area contributed by atoms with Gasteiger partial charge in [0, 0.05) is 5.56 Å². The summed E-state index contributed by atoms with van der Waals surface area (Å²) in [4.78, 5) is 24.4. The molecule has 2 aromatic carbocycles. The van der Waals surface area contributed by atoms with Crippen LogP contribution in [0.15, 0.2) is 42.5 Å². The average molecular weight is 296 g/mol. The third-order valence-corrected chi connectivity index (χ3v) is 4.37. The average Bonchev–Trinajstić information content (AvgIpc) is 2.59. The molecule has 0 bridgehead atoms. The van der Waals surface area contributed by atoms with E-state index in [0.29, 0.717) is 5.56 Å². The normalized spacial score (nSPS) is 15.6. The second-order valence-corrected chi connectivity index (χ2v) is 5.89. The van der Waals surface area contributed by atoms with Gasteiger partial charge in [0.25, 0.3) is 0 Å². The molecule has 114 valence electrons. The zero-order valence-corrected chi connectivity index (χ0v) is 12.6. The van der Waals surface area contributed by atoms with E-state index in [1.165, 1.54) is 6.42 Å². The third-order valence-electron chi connectivity index (χ3n) is 4.37. The van der Waals surface area contributed by atoms with Gasteiger partial charge in [-0.2, -0.15) is 0 Å². The highest BCUT2D eigenvalue weighted by Gasteiger charge is 2.23. The van der Waals surface area contributed by atoms with Gasteiger partial charge < -0.3 is 4.74 Å². The van der Waals surface area contributed by atoms with Crippen molar-refractivity contribution in [3.05, 3.63) is 48.0 Å². The van der Waals surface area contributed by atoms with Gasteiger partial charge in [-0.25, -0.2) is 0 Å². The first-order chi connectivity index (χ1) is 10.8. The number of fused-ring (bicyclic) bond motifs is 1. The number of ketones is 1. The molecule has 0 N–H and O–H groups in total. The van der Waals surface area contributed by atoms with Crippen molar-refractivity contribution in [1.82, 2.24) is 0 Å². The quantitative estimate of drug-likeness (QED) is 0.629. The molecule has 3 rings (SSSR count). The third kappa shape index (κ3) is 3.19. The summed E-state index contributed by atoms with van der Waals surface area (Å²) >= 11 is 0. The molecule has 2 aromatic rings. The molecule has 0 heterocycles. The Morgan fingerprint density at radius 3 is 2.50 bits per heavy atom. The van der Waals surface area contributed by atoms with Gasteiger partial charge in [-0.05, 0) is 23.6 Å². The number of benzene rings is 2. The molecule has 0 radical (unpaired) electrons. The predicted octanol–water partition coefficient (Wildman–Crippen LogP) is 4.15. The Balaban J connectivity index is 1.67. The standard InChI is InChI=1S/C19H20O3/c20-18(13-22-19(21)15-8-2-1-3-9-15)17-12-6-10-14-7-4-5-11-16(14)17/h4-7,10-12,15H,1-3,8-9,13H2. The van der Waals surface area contributed by atoms with Crippen LogP contribution < -0.4 is 0 Å². The Hall–Kier alpha value is -2.16. The summed E-state index contributed by atoms with van der Waals surface area (Å²) in [6.45, 7) is -0.163. The molecule has 1 fully saturated rings. The van der Waals surface area contributed by atoms with Gasteiger partial charge in [-0.1, -0.05) is 61.7 Å². The monoisotopic (exact) mass is 296 g/mol. The molecule has 0 unspecified atom stereocenters. The number of hydrogen-bond donors (Lipinski definition) is 0. The zero-order valence-electron chi connectivity index (χ0n) is 12.6. The van der Waals surface area contributed by atoms with Crippen LogP contribution in [0.4, 0.5) is 0 Å². The van der Waals surface area contributed by atoms with Crippen LogP contribution in [-0.4, -0.2) is 18.4 Å². The van der Waals surface area contributed by atoms with Crippen LogP contribution in [0, 0.1) is 5.92 Å². The van der Waals surface area contributed by atoms with Crippen LogP contribution in [0.1, 0.15) is 42.5 Å². The van der Waals surface area contributed by atoms with Crippen molar-refractivity contribution in [1.29, 1.82) is 0 Å². The van der Waals surface area contributed by atoms with E-state index < -0.39 is 0 Å². The molecule has 22 heavy (non-hydrogen) atoms. The van der Waals surface area contributed by atoms with E-state index in [-0.39, 0.29) is 24.3 Å². The van der Waals surface area contributed by atoms with Crippen molar-refractivity contribution in [2.45, 2.75) is 32.1 Å². The molecule has 0 saturated heterocycles. The van der Waals surface area contributed by atoms with E-state index in [4.69, 9.17) is 4.74 Å². The summed E-state index contributed by atoms with van der Waals surface area (Å²) in [6.07, 6.45) is 5.13. The number of carbonyl (C=O) groups is 2. The molecule has 3 heteroatoms. The van der Waals surface area contributed by atoms with Crippen LogP contribution in [0.3, 0.4) is 0 Å². The van der Waals surface area contributed by atoms with Crippen molar-refractivity contribution >= 4 is 22.5 Å². The molecule has 0 spiro atoms. The lowest BCUT2D eigenvalue weighted by Crippen LogP contribution is -2.23. The molecular weight excluding hydrogens is 276 g/mol. The largest absolute Gasteiger partial charge is 0.457 e. The first-order valence-corrected chi connectivity index (χ1v) is 7.93. The fourth-order valence-electron chi connectivity index (χ4n) is 3.14. The van der Waals surface area contributed by atoms with Crippen LogP contribution in [-0.2, 0) is 9.53 Å². The lowest BCUT2D eigenvalue weighted by molar-refractivity contribution is -0.148. The van der Waals surface area contributed by atoms with Gasteiger partial charge in [0.1, 0.15) is 0 Å². The minimum atomic E-state index is -0.215. The smallest absolute Gasteiger partial charge is 0.309 e. The summed E-state index contributed by atoms with van der Waals surface area (Å²) in [7, 11) is 0. The summed E-state index contributed by atoms with van der Waals surface area (Å²) in [5, 5.41) is 1.93. The van der Waals surface area contributed by atoms with Crippen LogP contribution >= 0.6 is 0 Å². The second kappa shape index (κ2) is 6.73. The minimum Gasteiger partial charge on any atom is -0.457 e. The van der Waals surface area contributed by atoms with Crippen LogP contribution in [0.25, 0.3) is 10.8 Å². The van der Waals surface area contributed by atoms with Crippen LogP contribution in [0.2, 0.25) is 0 Å². The minimum absolute atomic E-state index is 0.0194. The van der Waals surface area contributed by atoms with Crippen molar-refractivity contribution < 1.29 is 14.3 Å². The van der Waals surface area contributed by atoms with Gasteiger partial charge >= 0.3 is 5.97 Å². The number of rotatable bonds is 4. The van der Waals surface area contributed by atoms with Gasteiger partial charge in [0.2, 0.25) is 5.78 Å². The highest BCUT2D eigenvalue weighted by molar-refractivity contribution is 6.09. The van der Waals surface area contributed by atoms with Crippen molar-refractivity contribution in [3.63, 3.8) is 0 Å². The first kappa shape index (κ1) is 14.8. The maximum atomic E-state index is 12.4. The lowest BCUT2D eigenvalue weighted by atomic mass is 9.89. The van der Waals surface area contributed by atoms with E-state index in [2.05, 4.69) is 0 Å². The predicted molar refractivity (Wildman–Crippen MR) is 85.8 cm³/mol. The fraction of sp³-hybridized carbons (Fsp3) is 0.368. The molecule has 3 nitrogen and oxygen atoms in total. The number of esters is 1. The molecule has 1 aliphatic rings. The SMILES string of the molecule is O=C(COC(=O)C1CCCCC1)c1cccc2ccccc12. The number of ether oxygens (including phenoxy) is 1. The van der Waals surface area contributed by atoms with Crippen LogP contribution in [0.5, 0.6) is 0 Å². The maximum absolute atomic E-state index is 12.4. The summed E-state index contributed by atoms with van der Waals surface area (Å²) in [5.41, 5.74) is 0.620. The van der Waals surface area contributed by atoms with Gasteiger partial charge in [-0.15, -0.1) is 0 Å². The Morgan fingerprint density at radius 1 is 0.955 bits per heavy atom.